The summed E-state index contributed by atoms with van der Waals surface area (Å²) in [7, 11) is 0. The van der Waals surface area contributed by atoms with Crippen molar-refractivity contribution in [1.82, 2.24) is 43.4 Å². The smallest absolute Gasteiger partial charge is 0.360 e. The molecule has 18 rings (SSSR count). The highest BCUT2D eigenvalue weighted by molar-refractivity contribution is 6.43. The van der Waals surface area contributed by atoms with Gasteiger partial charge in [-0.2, -0.15) is 0 Å². The molecule has 632 valence electrons. The molecule has 6 saturated heterocycles. The highest BCUT2D eigenvalue weighted by atomic mass is 16.7. The topological polar surface area (TPSA) is 377 Å². The quantitative estimate of drug-likeness (QED) is 0.0350. The van der Waals surface area contributed by atoms with Gasteiger partial charge in [-0.3, -0.25) is 38.7 Å². The number of nitrogens with two attached hydrogens (primary N) is 2. The van der Waals surface area contributed by atoms with E-state index in [4.69, 9.17) is 26.0 Å². The zero-order valence-electron chi connectivity index (χ0n) is 68.8. The van der Waals surface area contributed by atoms with E-state index in [0.29, 0.717) is 82.0 Å². The van der Waals surface area contributed by atoms with Gasteiger partial charge in [0.1, 0.15) is 6.10 Å². The number of oxime groups is 3. The fourth-order valence-electron chi connectivity index (χ4n) is 24.4. The van der Waals surface area contributed by atoms with Gasteiger partial charge in [-0.05, 0) is 234 Å². The van der Waals surface area contributed by atoms with Crippen LogP contribution in [0.1, 0.15) is 275 Å². The Bertz CT molecular complexity index is 4970. The van der Waals surface area contributed by atoms with Gasteiger partial charge in [0, 0.05) is 72.5 Å². The standard InChI is InChI=1S/C31H41N5O5.C30H40N4O4.C29H37N5O5/c1-31(2,30(32)40)41-34-27(29(38)39)26-28(37)36(25-10-6-5-9-24(25)33-26)23-16-20-11-12-21(17-23)35(20)22-14-18-7-3-4-8-19(13-18)15-22;1-18(2)38-32-28(30(36)37)27-29(35)34(26-12-4-3-11-25(26)31-27)24-16-21-9-6-10-22(17-24)33(21)23-14-19-7-5-8-20(13-19)15-23;30-25(35)16-39-32-27(29(37)38)26-28(36)34(24-8-4-3-7-23(24)31-26)22-14-19-9-10-20(15-22)33(19)21-12-17-5-1-2-6-18(11-17)13-21/h5-6,9-10,18-23H,3-4,7-8,11-17H2,1-2H3,(H2,32,40)(H,38,39);3-4,11-12,18-24H,5-10,13-17H2,1-2H3,(H,36,37);3-4,7-8,17-22H,1-2,5-6,9-16H2,(H2,30,35)(H,37,38)/b34-27-;;32-27-/t18?,19?,20-,21+,22?,23?;19?,20?,21-,22+,23?,24?;17?,18?,19-,20+,21?,22?. The minimum atomic E-state index is -1.56. The summed E-state index contributed by atoms with van der Waals surface area (Å²) >= 11 is 0. The Morgan fingerprint density at radius 3 is 1.01 bits per heavy atom. The Morgan fingerprint density at radius 1 is 0.398 bits per heavy atom. The third-order valence-corrected chi connectivity index (χ3v) is 29.0. The monoisotopic (exact) mass is 1620 g/mol. The molecule has 6 aliphatic carbocycles. The lowest BCUT2D eigenvalue weighted by molar-refractivity contribution is -0.140. The van der Waals surface area contributed by atoms with Crippen molar-refractivity contribution in [2.24, 2.45) is 62.4 Å². The van der Waals surface area contributed by atoms with E-state index in [9.17, 15) is 53.7 Å². The minimum absolute atomic E-state index is 0.00449. The van der Waals surface area contributed by atoms with E-state index in [0.717, 1.165) is 105 Å². The largest absolute Gasteiger partial charge is 0.476 e. The van der Waals surface area contributed by atoms with Crippen molar-refractivity contribution < 1.29 is 53.8 Å². The number of piperidine rings is 4. The second kappa shape index (κ2) is 35.2. The van der Waals surface area contributed by atoms with Gasteiger partial charge in [0.25, 0.3) is 28.5 Å². The number of carbonyl (C=O) groups excluding carboxylic acids is 2. The summed E-state index contributed by atoms with van der Waals surface area (Å²) in [5.41, 5.74) is 8.80. The summed E-state index contributed by atoms with van der Waals surface area (Å²) < 4.78 is 5.33. The van der Waals surface area contributed by atoms with E-state index in [-0.39, 0.29) is 46.9 Å². The summed E-state index contributed by atoms with van der Waals surface area (Å²) in [4.78, 5) is 138. The first-order valence-corrected chi connectivity index (χ1v) is 44.2. The molecule has 0 spiro atoms. The van der Waals surface area contributed by atoms with Gasteiger partial charge in [0.2, 0.25) is 22.7 Å². The Balaban J connectivity index is 0.000000132. The maximum atomic E-state index is 14.1. The van der Waals surface area contributed by atoms with Crippen LogP contribution in [0.4, 0.5) is 0 Å². The fraction of sp³-hybridized carbons (Fsp3) is 0.644. The first-order chi connectivity index (χ1) is 56.9. The third-order valence-electron chi connectivity index (χ3n) is 29.0. The molecule has 28 heteroatoms. The van der Waals surface area contributed by atoms with Crippen LogP contribution < -0.4 is 28.1 Å². The zero-order valence-corrected chi connectivity index (χ0v) is 68.8. The van der Waals surface area contributed by atoms with Crippen molar-refractivity contribution >= 4 is 80.0 Å². The zero-order chi connectivity index (χ0) is 82.4. The lowest BCUT2D eigenvalue weighted by atomic mass is 9.68. The molecular formula is C90H118N14O14. The van der Waals surface area contributed by atoms with Crippen LogP contribution in [-0.2, 0) is 38.5 Å². The number of hydrogen-bond acceptors (Lipinski definition) is 20. The number of carbonyl (C=O) groups is 5. The summed E-state index contributed by atoms with van der Waals surface area (Å²) in [5, 5.41) is 40.9. The number of fused-ring (bicyclic) bond motifs is 15. The normalized spacial score (nSPS) is 31.2. The summed E-state index contributed by atoms with van der Waals surface area (Å²) in [6.07, 6.45) is 40.4. The van der Waals surface area contributed by atoms with E-state index in [1.165, 1.54) is 162 Å². The van der Waals surface area contributed by atoms with Crippen LogP contribution in [0, 0.1) is 35.5 Å². The molecule has 3 aromatic carbocycles. The van der Waals surface area contributed by atoms with Gasteiger partial charge < -0.3 is 55.0 Å². The van der Waals surface area contributed by atoms with E-state index in [2.05, 4.69) is 45.1 Å². The van der Waals surface area contributed by atoms with Gasteiger partial charge >= 0.3 is 17.9 Å². The Kier molecular flexibility index (Phi) is 24.6. The highest BCUT2D eigenvalue weighted by Gasteiger charge is 2.51. The average molecular weight is 1620 g/mol. The van der Waals surface area contributed by atoms with Crippen LogP contribution in [-0.4, -0.2) is 178 Å². The van der Waals surface area contributed by atoms with Crippen molar-refractivity contribution in [2.45, 2.75) is 324 Å². The van der Waals surface area contributed by atoms with Gasteiger partial charge in [-0.15, -0.1) is 0 Å². The van der Waals surface area contributed by atoms with Crippen molar-refractivity contribution in [1.29, 1.82) is 0 Å². The van der Waals surface area contributed by atoms with E-state index < -0.39 is 70.2 Å². The van der Waals surface area contributed by atoms with Crippen LogP contribution >= 0.6 is 0 Å². The first-order valence-electron chi connectivity index (χ1n) is 44.2. The molecule has 12 bridgehead atoms. The molecule has 12 fully saturated rings. The number of aromatic nitrogens is 6. The predicted molar refractivity (Wildman–Crippen MR) is 446 cm³/mol. The number of para-hydroxylation sites is 6. The number of nitrogens with zero attached hydrogens (tertiary/aromatic N) is 12. The van der Waals surface area contributed by atoms with Gasteiger partial charge in [-0.1, -0.05) is 129 Å². The number of aliphatic carboxylic acids is 3. The summed E-state index contributed by atoms with van der Waals surface area (Å²) in [5.74, 6) is -0.658. The lowest BCUT2D eigenvalue weighted by Gasteiger charge is -2.55. The van der Waals surface area contributed by atoms with E-state index >= 15 is 0 Å². The minimum Gasteiger partial charge on any atom is -0.476 e. The van der Waals surface area contributed by atoms with Crippen LogP contribution in [0.3, 0.4) is 0 Å². The van der Waals surface area contributed by atoms with Gasteiger partial charge in [-0.25, -0.2) is 29.3 Å². The molecule has 6 aliphatic heterocycles. The van der Waals surface area contributed by atoms with Crippen molar-refractivity contribution in [3.05, 3.63) is 121 Å². The highest BCUT2D eigenvalue weighted by Crippen LogP contribution is 2.52. The fourth-order valence-corrected chi connectivity index (χ4v) is 24.4. The van der Waals surface area contributed by atoms with Crippen molar-refractivity contribution in [3.63, 3.8) is 0 Å². The van der Waals surface area contributed by atoms with Crippen molar-refractivity contribution in [2.75, 3.05) is 6.61 Å². The maximum absolute atomic E-state index is 14.1. The molecule has 6 saturated carbocycles. The first kappa shape index (κ1) is 82.4. The van der Waals surface area contributed by atoms with E-state index in [1.54, 1.807) is 35.1 Å². The molecule has 9 unspecified atom stereocenters. The number of rotatable bonds is 20. The number of benzene rings is 3. The second-order valence-corrected chi connectivity index (χ2v) is 37.5. The number of carboxylic acid groups (broad SMARTS) is 3. The number of carboxylic acids is 3. The molecule has 2 amide bonds. The number of primary amides is 2. The average Bonchev–Trinajstić information content (AvgIpc) is 1.54. The Hall–Kier alpha value is -9.28. The second-order valence-electron chi connectivity index (χ2n) is 37.5. The van der Waals surface area contributed by atoms with Gasteiger partial charge in [0.05, 0.1) is 33.1 Å². The molecule has 28 nitrogen and oxygen atoms in total. The molecule has 15 atom stereocenters. The van der Waals surface area contributed by atoms with Crippen LogP contribution in [0.15, 0.2) is 103 Å². The summed E-state index contributed by atoms with van der Waals surface area (Å²) in [6, 6.07) is 26.6. The molecular weight excluding hydrogens is 1500 g/mol. The molecule has 12 aliphatic rings. The molecule has 7 N–H and O–H groups in total. The van der Waals surface area contributed by atoms with Crippen LogP contribution in [0.25, 0.3) is 33.1 Å². The summed E-state index contributed by atoms with van der Waals surface area (Å²) in [6.45, 7) is 5.70. The Morgan fingerprint density at radius 2 is 0.695 bits per heavy atom. The number of amides is 2. The Labute approximate surface area is 687 Å². The van der Waals surface area contributed by atoms with Crippen LogP contribution in [0.2, 0.25) is 0 Å². The predicted octanol–water partition coefficient (Wildman–Crippen LogP) is 12.3. The molecule has 3 aromatic heterocycles. The number of hydrogen-bond donors (Lipinski definition) is 5. The van der Waals surface area contributed by atoms with Gasteiger partial charge in [0.15, 0.2) is 23.7 Å². The molecule has 9 heterocycles. The third kappa shape index (κ3) is 17.3. The maximum Gasteiger partial charge on any atom is 0.360 e. The molecule has 6 aromatic rings. The van der Waals surface area contributed by atoms with Crippen LogP contribution in [0.5, 0.6) is 0 Å². The van der Waals surface area contributed by atoms with E-state index in [1.807, 2.05) is 65.2 Å². The SMILES string of the molecule is CC(C)(O/N=C(\C(=O)O)c1nc2ccccc2n(C2C[C@H]3CC[C@@H](C2)N3C2CC3CCCCC(C3)C2)c1=O)C(N)=O.CC(C)ON=C(C(=O)O)c1nc2ccccc2n(C2C[C@H]3CCC[C@@H](C2)N3C2CC3CCCC(C3)C2)c1=O.NC(=O)CO/N=C(\C(=O)O)c1nc2ccccc2n(C2C[C@H]3CC[C@@H](C2)N3C2CC3CCCCC(C3)C2)c1=O. The lowest BCUT2D eigenvalue weighted by Crippen LogP contribution is -2.58. The molecule has 118 heavy (non-hydrogen) atoms. The van der Waals surface area contributed by atoms with Crippen molar-refractivity contribution in [3.8, 4) is 0 Å². The molecule has 0 radical (unpaired) electrons.